The van der Waals surface area contributed by atoms with E-state index < -0.39 is 47.8 Å². The molecule has 0 unspecified atom stereocenters. The normalized spacial score (nSPS) is 23.0. The van der Waals surface area contributed by atoms with Gasteiger partial charge in [0.2, 0.25) is 0 Å². The minimum atomic E-state index is -1.52. The highest BCUT2D eigenvalue weighted by atomic mass is 35.5. The number of aromatic hydroxyl groups is 1. The summed E-state index contributed by atoms with van der Waals surface area (Å²) in [5, 5.41) is 42.2. The summed E-state index contributed by atoms with van der Waals surface area (Å²) in [5.41, 5.74) is -1.56. The van der Waals surface area contributed by atoms with E-state index in [1.54, 1.807) is 0 Å². The molecule has 2 rings (SSSR count). The summed E-state index contributed by atoms with van der Waals surface area (Å²) >= 11 is 11.5. The monoisotopic (exact) mass is 420 g/mol. The second-order valence-electron chi connectivity index (χ2n) is 6.31. The number of hydrogen-bond donors (Lipinski definition) is 6. The van der Waals surface area contributed by atoms with Crippen molar-refractivity contribution in [2.75, 3.05) is 6.61 Å². The summed E-state index contributed by atoms with van der Waals surface area (Å²) in [6.07, 6.45) is 0.367. The smallest absolute Gasteiger partial charge is 0.326 e. The Kier molecular flexibility index (Phi) is 6.53. The lowest BCUT2D eigenvalue weighted by Gasteiger charge is -2.24. The van der Waals surface area contributed by atoms with Crippen LogP contribution in [0, 0.1) is 0 Å². The predicted molar refractivity (Wildman–Crippen MR) is 95.2 cm³/mol. The first-order chi connectivity index (χ1) is 12.6. The molecular weight excluding hydrogens is 403 g/mol. The van der Waals surface area contributed by atoms with Crippen molar-refractivity contribution < 1.29 is 34.8 Å². The fourth-order valence-electron chi connectivity index (χ4n) is 2.94. The number of carbonyl (C=O) groups is 3. The van der Waals surface area contributed by atoms with Crippen LogP contribution in [0.25, 0.3) is 0 Å². The van der Waals surface area contributed by atoms with Gasteiger partial charge in [-0.1, -0.05) is 23.2 Å². The molecule has 148 valence electrons. The third kappa shape index (κ3) is 4.62. The Morgan fingerprint density at radius 3 is 2.30 bits per heavy atom. The second-order valence-corrected chi connectivity index (χ2v) is 7.13. The molecule has 1 aromatic carbocycles. The molecule has 11 heteroatoms. The van der Waals surface area contributed by atoms with Gasteiger partial charge < -0.3 is 25.7 Å². The van der Waals surface area contributed by atoms with Crippen LogP contribution in [-0.4, -0.2) is 62.5 Å². The molecule has 0 bridgehead atoms. The van der Waals surface area contributed by atoms with Gasteiger partial charge in [0.25, 0.3) is 5.91 Å². The largest absolute Gasteiger partial charge is 0.505 e. The Bertz CT molecular complexity index is 750. The molecule has 1 saturated heterocycles. The maximum atomic E-state index is 12.3. The first-order valence-electron chi connectivity index (χ1n) is 7.93. The highest BCUT2D eigenvalue weighted by molar-refractivity contribution is 6.37. The van der Waals surface area contributed by atoms with Gasteiger partial charge in [-0.15, -0.1) is 0 Å². The van der Waals surface area contributed by atoms with Crippen LogP contribution in [-0.2, 0) is 9.59 Å². The van der Waals surface area contributed by atoms with Crippen LogP contribution in [0.3, 0.4) is 0 Å². The van der Waals surface area contributed by atoms with Gasteiger partial charge in [0.15, 0.2) is 5.75 Å². The SMILES string of the molecule is O=C(N[C@@H](C[C@H]1CC[C@@](CO)(C(=O)O)N1)C(=O)O)c1cc(Cl)c(O)c(Cl)c1. The maximum Gasteiger partial charge on any atom is 0.326 e. The highest BCUT2D eigenvalue weighted by Crippen LogP contribution is 2.32. The number of halogens is 2. The Hall–Kier alpha value is -2.07. The number of aliphatic hydroxyl groups is 1. The summed E-state index contributed by atoms with van der Waals surface area (Å²) in [6, 6.07) is 0.448. The number of amides is 1. The molecule has 3 atom stereocenters. The predicted octanol–water partition coefficient (Wildman–Crippen LogP) is 0.840. The van der Waals surface area contributed by atoms with Crippen molar-refractivity contribution in [3.63, 3.8) is 0 Å². The average molecular weight is 421 g/mol. The zero-order valence-electron chi connectivity index (χ0n) is 13.9. The van der Waals surface area contributed by atoms with Crippen molar-refractivity contribution in [1.29, 1.82) is 0 Å². The number of benzene rings is 1. The fourth-order valence-corrected chi connectivity index (χ4v) is 3.42. The van der Waals surface area contributed by atoms with Crippen molar-refractivity contribution >= 4 is 41.0 Å². The Balaban J connectivity index is 2.09. The van der Waals surface area contributed by atoms with Gasteiger partial charge in [-0.2, -0.15) is 0 Å². The number of phenols is 1. The Morgan fingerprint density at radius 2 is 1.85 bits per heavy atom. The molecule has 0 saturated carbocycles. The van der Waals surface area contributed by atoms with Gasteiger partial charge in [0.1, 0.15) is 11.6 Å². The molecule has 9 nitrogen and oxygen atoms in total. The van der Waals surface area contributed by atoms with Crippen LogP contribution in [0.15, 0.2) is 12.1 Å². The van der Waals surface area contributed by atoms with E-state index in [1.165, 1.54) is 0 Å². The molecule has 0 spiro atoms. The molecule has 0 aliphatic carbocycles. The van der Waals surface area contributed by atoms with E-state index in [4.69, 9.17) is 23.2 Å². The summed E-state index contributed by atoms with van der Waals surface area (Å²) in [6.45, 7) is -0.632. The van der Waals surface area contributed by atoms with E-state index in [9.17, 15) is 34.8 Å². The summed E-state index contributed by atoms with van der Waals surface area (Å²) in [4.78, 5) is 35.1. The van der Waals surface area contributed by atoms with E-state index in [0.29, 0.717) is 6.42 Å². The van der Waals surface area contributed by atoms with Crippen molar-refractivity contribution in [2.45, 2.75) is 36.9 Å². The molecular formula is C16H18Cl2N2O7. The number of hydrogen-bond acceptors (Lipinski definition) is 6. The average Bonchev–Trinajstić information content (AvgIpc) is 3.03. The molecule has 0 aromatic heterocycles. The zero-order chi connectivity index (χ0) is 20.4. The van der Waals surface area contributed by atoms with Gasteiger partial charge in [0, 0.05) is 11.6 Å². The van der Waals surface area contributed by atoms with Gasteiger partial charge in [-0.3, -0.25) is 14.9 Å². The quantitative estimate of drug-likeness (QED) is 0.378. The Morgan fingerprint density at radius 1 is 1.26 bits per heavy atom. The lowest BCUT2D eigenvalue weighted by molar-refractivity contribution is -0.146. The van der Waals surface area contributed by atoms with E-state index in [-0.39, 0.29) is 28.5 Å². The standard InChI is InChI=1S/C16H18Cl2N2O7/c17-9-3-7(4-10(18)12(9)22)13(23)19-11(14(24)25)5-8-1-2-16(6-21,20-8)15(26)27/h3-4,8,11,20-22H,1-2,5-6H2,(H,19,23)(H,24,25)(H,26,27)/t8-,11+,16-/m1/s1. The third-order valence-electron chi connectivity index (χ3n) is 4.48. The van der Waals surface area contributed by atoms with E-state index >= 15 is 0 Å². The number of carbonyl (C=O) groups excluding carboxylic acids is 1. The number of phenolic OH excluding ortho intramolecular Hbond substituents is 1. The van der Waals surface area contributed by atoms with Crippen molar-refractivity contribution in [3.8, 4) is 5.75 Å². The minimum absolute atomic E-state index is 0.0383. The lowest BCUT2D eigenvalue weighted by atomic mass is 9.99. The lowest BCUT2D eigenvalue weighted by Crippen LogP contribution is -2.54. The summed E-state index contributed by atoms with van der Waals surface area (Å²) < 4.78 is 0. The van der Waals surface area contributed by atoms with Gasteiger partial charge in [0.05, 0.1) is 16.7 Å². The highest BCUT2D eigenvalue weighted by Gasteiger charge is 2.45. The van der Waals surface area contributed by atoms with Gasteiger partial charge in [-0.05, 0) is 31.4 Å². The van der Waals surface area contributed by atoms with Gasteiger partial charge >= 0.3 is 11.9 Å². The van der Waals surface area contributed by atoms with Crippen LogP contribution in [0.4, 0.5) is 0 Å². The Labute approximate surface area is 163 Å². The van der Waals surface area contributed by atoms with Crippen LogP contribution in [0.2, 0.25) is 10.0 Å². The third-order valence-corrected chi connectivity index (χ3v) is 5.06. The molecule has 1 heterocycles. The zero-order valence-corrected chi connectivity index (χ0v) is 15.4. The van der Waals surface area contributed by atoms with Gasteiger partial charge in [-0.25, -0.2) is 4.79 Å². The molecule has 1 aromatic rings. The van der Waals surface area contributed by atoms with Crippen molar-refractivity contribution in [1.82, 2.24) is 10.6 Å². The summed E-state index contributed by atoms with van der Waals surface area (Å²) in [5.74, 6) is -3.69. The first kappa shape index (κ1) is 21.2. The molecule has 1 fully saturated rings. The minimum Gasteiger partial charge on any atom is -0.505 e. The second kappa shape index (κ2) is 8.30. The van der Waals surface area contributed by atoms with Crippen LogP contribution >= 0.6 is 23.2 Å². The van der Waals surface area contributed by atoms with E-state index in [2.05, 4.69) is 10.6 Å². The molecule has 6 N–H and O–H groups in total. The van der Waals surface area contributed by atoms with Crippen molar-refractivity contribution in [2.24, 2.45) is 0 Å². The molecule has 1 aliphatic heterocycles. The number of carboxylic acids is 2. The number of aliphatic carboxylic acids is 2. The number of rotatable bonds is 7. The molecule has 1 aliphatic rings. The number of aliphatic hydroxyl groups excluding tert-OH is 1. The van der Waals surface area contributed by atoms with Crippen LogP contribution in [0.5, 0.6) is 5.75 Å². The fraction of sp³-hybridized carbons (Fsp3) is 0.438. The molecule has 1 amide bonds. The number of carboxylic acid groups (broad SMARTS) is 2. The van der Waals surface area contributed by atoms with E-state index in [0.717, 1.165) is 12.1 Å². The van der Waals surface area contributed by atoms with Crippen LogP contribution in [0.1, 0.15) is 29.6 Å². The van der Waals surface area contributed by atoms with Crippen LogP contribution < -0.4 is 10.6 Å². The first-order valence-corrected chi connectivity index (χ1v) is 8.69. The maximum absolute atomic E-state index is 12.3. The van der Waals surface area contributed by atoms with E-state index in [1.807, 2.05) is 0 Å². The molecule has 27 heavy (non-hydrogen) atoms. The molecule has 0 radical (unpaired) electrons. The number of nitrogens with one attached hydrogen (secondary N) is 2. The summed E-state index contributed by atoms with van der Waals surface area (Å²) in [7, 11) is 0. The topological polar surface area (TPSA) is 156 Å². The van der Waals surface area contributed by atoms with Crippen molar-refractivity contribution in [3.05, 3.63) is 27.7 Å².